The van der Waals surface area contributed by atoms with Crippen LogP contribution >= 0.6 is 11.5 Å². The number of hydrogen-bond donors (Lipinski definition) is 0. The summed E-state index contributed by atoms with van der Waals surface area (Å²) in [7, 11) is 0. The Labute approximate surface area is 135 Å². The Bertz CT molecular complexity index is 513. The number of rotatable bonds is 3. The molecular formula is C15H24N4O2S. The van der Waals surface area contributed by atoms with Crippen molar-refractivity contribution in [2.75, 3.05) is 37.7 Å². The molecule has 0 aromatic carbocycles. The SMILES string of the molecule is CC(C)c1nsc(N2CCCCC2C(=O)N2CCOCC2)n1. The molecule has 122 valence electrons. The van der Waals surface area contributed by atoms with Gasteiger partial charge in [0.15, 0.2) is 0 Å². The molecule has 2 saturated heterocycles. The third-order valence-electron chi connectivity index (χ3n) is 4.30. The minimum absolute atomic E-state index is 0.0835. The summed E-state index contributed by atoms with van der Waals surface area (Å²) < 4.78 is 9.79. The van der Waals surface area contributed by atoms with E-state index in [4.69, 9.17) is 4.74 Å². The van der Waals surface area contributed by atoms with Crippen LogP contribution in [0, 0.1) is 0 Å². The third kappa shape index (κ3) is 3.25. The zero-order valence-electron chi connectivity index (χ0n) is 13.3. The molecule has 3 rings (SSSR count). The lowest BCUT2D eigenvalue weighted by atomic mass is 10.0. The van der Waals surface area contributed by atoms with Gasteiger partial charge in [0, 0.05) is 37.1 Å². The maximum atomic E-state index is 12.9. The number of carbonyl (C=O) groups is 1. The molecule has 2 fully saturated rings. The minimum Gasteiger partial charge on any atom is -0.378 e. The van der Waals surface area contributed by atoms with Crippen molar-refractivity contribution in [3.05, 3.63) is 5.82 Å². The zero-order valence-corrected chi connectivity index (χ0v) is 14.1. The fourth-order valence-corrected chi connectivity index (χ4v) is 3.87. The normalized spacial score (nSPS) is 23.1. The highest BCUT2D eigenvalue weighted by Crippen LogP contribution is 2.29. The van der Waals surface area contributed by atoms with Gasteiger partial charge in [-0.1, -0.05) is 13.8 Å². The fraction of sp³-hybridized carbons (Fsp3) is 0.800. The third-order valence-corrected chi connectivity index (χ3v) is 5.07. The molecule has 6 nitrogen and oxygen atoms in total. The molecule has 1 aromatic heterocycles. The standard InChI is InChI=1S/C15H24N4O2S/c1-11(2)13-16-15(22-17-13)19-6-4-3-5-12(19)14(20)18-7-9-21-10-8-18/h11-12H,3-10H2,1-2H3. The molecule has 22 heavy (non-hydrogen) atoms. The Morgan fingerprint density at radius 3 is 2.73 bits per heavy atom. The first kappa shape index (κ1) is 15.7. The summed E-state index contributed by atoms with van der Waals surface area (Å²) in [6.45, 7) is 7.79. The molecular weight excluding hydrogens is 300 g/mol. The smallest absolute Gasteiger partial charge is 0.245 e. The summed E-state index contributed by atoms with van der Waals surface area (Å²) in [5, 5.41) is 0.898. The largest absolute Gasteiger partial charge is 0.378 e. The van der Waals surface area contributed by atoms with E-state index >= 15 is 0 Å². The van der Waals surface area contributed by atoms with Gasteiger partial charge in [-0.3, -0.25) is 4.79 Å². The summed E-state index contributed by atoms with van der Waals surface area (Å²) in [4.78, 5) is 21.6. The minimum atomic E-state index is -0.0835. The van der Waals surface area contributed by atoms with E-state index in [2.05, 4.69) is 28.1 Å². The van der Waals surface area contributed by atoms with Crippen molar-refractivity contribution in [3.63, 3.8) is 0 Å². The fourth-order valence-electron chi connectivity index (χ4n) is 2.99. The van der Waals surface area contributed by atoms with Gasteiger partial charge in [0.1, 0.15) is 11.9 Å². The molecule has 0 spiro atoms. The van der Waals surface area contributed by atoms with Gasteiger partial charge in [-0.25, -0.2) is 4.98 Å². The number of hydrogen-bond acceptors (Lipinski definition) is 6. The summed E-state index contributed by atoms with van der Waals surface area (Å²) in [5.74, 6) is 1.43. The van der Waals surface area contributed by atoms with Gasteiger partial charge >= 0.3 is 0 Å². The molecule has 1 amide bonds. The van der Waals surface area contributed by atoms with Crippen LogP contribution in [0.2, 0.25) is 0 Å². The van der Waals surface area contributed by atoms with Crippen molar-refractivity contribution >= 4 is 22.6 Å². The lowest BCUT2D eigenvalue weighted by molar-refractivity contribution is -0.137. The number of piperidine rings is 1. The number of morpholine rings is 1. The van der Waals surface area contributed by atoms with Crippen molar-refractivity contribution in [1.29, 1.82) is 0 Å². The maximum absolute atomic E-state index is 12.9. The number of amides is 1. The van der Waals surface area contributed by atoms with Gasteiger partial charge in [-0.15, -0.1) is 0 Å². The maximum Gasteiger partial charge on any atom is 0.245 e. The van der Waals surface area contributed by atoms with Crippen LogP contribution in [0.25, 0.3) is 0 Å². The Morgan fingerprint density at radius 1 is 1.27 bits per heavy atom. The zero-order chi connectivity index (χ0) is 15.5. The second-order valence-corrected chi connectivity index (χ2v) is 6.96. The van der Waals surface area contributed by atoms with Gasteiger partial charge < -0.3 is 14.5 Å². The van der Waals surface area contributed by atoms with E-state index < -0.39 is 0 Å². The molecule has 2 aliphatic rings. The Kier molecular flexibility index (Phi) is 4.93. The second kappa shape index (κ2) is 6.91. The van der Waals surface area contributed by atoms with Crippen molar-refractivity contribution in [2.45, 2.75) is 45.1 Å². The van der Waals surface area contributed by atoms with Crippen LogP contribution in [0.3, 0.4) is 0 Å². The van der Waals surface area contributed by atoms with Gasteiger partial charge in [-0.2, -0.15) is 4.37 Å². The lowest BCUT2D eigenvalue weighted by Gasteiger charge is -2.38. The molecule has 1 atom stereocenters. The first-order valence-corrected chi connectivity index (χ1v) is 8.91. The number of ether oxygens (including phenoxy) is 1. The van der Waals surface area contributed by atoms with E-state index in [9.17, 15) is 4.79 Å². The summed E-state index contributed by atoms with van der Waals surface area (Å²) in [5.41, 5.74) is 0. The van der Waals surface area contributed by atoms with Crippen molar-refractivity contribution in [1.82, 2.24) is 14.3 Å². The van der Waals surface area contributed by atoms with E-state index in [-0.39, 0.29) is 11.9 Å². The molecule has 3 heterocycles. The number of anilines is 1. The predicted octanol–water partition coefficient (Wildman–Crippen LogP) is 1.88. The molecule has 1 unspecified atom stereocenters. The molecule has 0 bridgehead atoms. The molecule has 1 aromatic rings. The molecule has 0 aliphatic carbocycles. The molecule has 7 heteroatoms. The highest BCUT2D eigenvalue weighted by molar-refractivity contribution is 7.09. The number of carbonyl (C=O) groups excluding carboxylic acids is 1. The van der Waals surface area contributed by atoms with Gasteiger partial charge in [0.05, 0.1) is 13.2 Å². The Hall–Kier alpha value is -1.21. The van der Waals surface area contributed by atoms with Gasteiger partial charge in [0.25, 0.3) is 0 Å². The highest BCUT2D eigenvalue weighted by Gasteiger charge is 2.34. The molecule has 2 aliphatic heterocycles. The highest BCUT2D eigenvalue weighted by atomic mass is 32.1. The van der Waals surface area contributed by atoms with Crippen LogP contribution in [0.15, 0.2) is 0 Å². The Balaban J connectivity index is 1.76. The predicted molar refractivity (Wildman–Crippen MR) is 86.4 cm³/mol. The van der Waals surface area contributed by atoms with Crippen molar-refractivity contribution < 1.29 is 9.53 Å². The molecule has 0 radical (unpaired) electrons. The number of nitrogens with zero attached hydrogens (tertiary/aromatic N) is 4. The summed E-state index contributed by atoms with van der Waals surface area (Å²) in [6.07, 6.45) is 3.13. The Morgan fingerprint density at radius 2 is 2.05 bits per heavy atom. The van der Waals surface area contributed by atoms with Crippen LogP contribution in [0.1, 0.15) is 44.9 Å². The summed E-state index contributed by atoms with van der Waals surface area (Å²) in [6, 6.07) is -0.0835. The van der Waals surface area contributed by atoms with Gasteiger partial charge in [0.2, 0.25) is 11.0 Å². The van der Waals surface area contributed by atoms with Crippen LogP contribution in [0.4, 0.5) is 5.13 Å². The first-order chi connectivity index (χ1) is 10.7. The average Bonchev–Trinajstić information content (AvgIpc) is 3.05. The summed E-state index contributed by atoms with van der Waals surface area (Å²) >= 11 is 1.42. The molecule has 0 N–H and O–H groups in total. The van der Waals surface area contributed by atoms with Crippen LogP contribution in [-0.4, -0.2) is 59.1 Å². The van der Waals surface area contributed by atoms with Crippen LogP contribution < -0.4 is 4.90 Å². The van der Waals surface area contributed by atoms with Crippen LogP contribution in [-0.2, 0) is 9.53 Å². The molecule has 0 saturated carbocycles. The average molecular weight is 324 g/mol. The van der Waals surface area contributed by atoms with E-state index in [1.165, 1.54) is 11.5 Å². The monoisotopic (exact) mass is 324 g/mol. The van der Waals surface area contributed by atoms with E-state index in [1.54, 1.807) is 0 Å². The van der Waals surface area contributed by atoms with Crippen LogP contribution in [0.5, 0.6) is 0 Å². The van der Waals surface area contributed by atoms with E-state index in [1.807, 2.05) is 4.90 Å². The second-order valence-electron chi connectivity index (χ2n) is 6.23. The quantitative estimate of drug-likeness (QED) is 0.850. The first-order valence-electron chi connectivity index (χ1n) is 8.13. The van der Waals surface area contributed by atoms with E-state index in [0.29, 0.717) is 32.2 Å². The van der Waals surface area contributed by atoms with E-state index in [0.717, 1.165) is 36.8 Å². The number of aromatic nitrogens is 2. The lowest BCUT2D eigenvalue weighted by Crippen LogP contribution is -2.53. The van der Waals surface area contributed by atoms with Crippen molar-refractivity contribution in [3.8, 4) is 0 Å². The van der Waals surface area contributed by atoms with Crippen molar-refractivity contribution in [2.24, 2.45) is 0 Å². The topological polar surface area (TPSA) is 58.6 Å². The van der Waals surface area contributed by atoms with Gasteiger partial charge in [-0.05, 0) is 19.3 Å².